The quantitative estimate of drug-likeness (QED) is 0.758. The third-order valence-electron chi connectivity index (χ3n) is 2.78. The molecular formula is C14H13ClFN3O. The van der Waals surface area contributed by atoms with Crippen LogP contribution in [-0.4, -0.2) is 5.91 Å². The maximum Gasteiger partial charge on any atom is 0.250 e. The second-order valence-electron chi connectivity index (χ2n) is 4.27. The molecule has 0 aliphatic rings. The molecule has 4 nitrogen and oxygen atoms in total. The van der Waals surface area contributed by atoms with Crippen molar-refractivity contribution < 1.29 is 9.18 Å². The van der Waals surface area contributed by atoms with E-state index >= 15 is 0 Å². The highest BCUT2D eigenvalue weighted by molar-refractivity contribution is 6.30. The molecule has 0 bridgehead atoms. The van der Waals surface area contributed by atoms with Gasteiger partial charge in [-0.2, -0.15) is 0 Å². The molecule has 5 N–H and O–H groups in total. The highest BCUT2D eigenvalue weighted by Crippen LogP contribution is 2.21. The summed E-state index contributed by atoms with van der Waals surface area (Å²) in [7, 11) is 0. The molecule has 20 heavy (non-hydrogen) atoms. The van der Waals surface area contributed by atoms with Crippen molar-refractivity contribution in [3.05, 3.63) is 58.4 Å². The standard InChI is InChI=1S/C14H13ClFN3O/c15-11-5-8(1-4-12(11)16)7-19-13-6-9(17)2-3-10(13)14(18)20/h1-6,19H,7,17H2,(H2,18,20). The lowest BCUT2D eigenvalue weighted by Gasteiger charge is -2.11. The van der Waals surface area contributed by atoms with Crippen molar-refractivity contribution in [2.24, 2.45) is 5.73 Å². The van der Waals surface area contributed by atoms with Crippen LogP contribution in [0, 0.1) is 5.82 Å². The summed E-state index contributed by atoms with van der Waals surface area (Å²) >= 11 is 5.71. The van der Waals surface area contributed by atoms with Gasteiger partial charge in [0.15, 0.2) is 0 Å². The number of rotatable bonds is 4. The number of nitrogens with two attached hydrogens (primary N) is 2. The Bertz CT molecular complexity index is 661. The fourth-order valence-corrected chi connectivity index (χ4v) is 1.97. The number of nitrogens with one attached hydrogen (secondary N) is 1. The van der Waals surface area contributed by atoms with E-state index in [0.29, 0.717) is 23.5 Å². The van der Waals surface area contributed by atoms with Crippen molar-refractivity contribution in [1.29, 1.82) is 0 Å². The van der Waals surface area contributed by atoms with E-state index in [1.165, 1.54) is 12.1 Å². The summed E-state index contributed by atoms with van der Waals surface area (Å²) < 4.78 is 13.1. The summed E-state index contributed by atoms with van der Waals surface area (Å²) in [4.78, 5) is 11.3. The van der Waals surface area contributed by atoms with Gasteiger partial charge in [0.1, 0.15) is 5.82 Å². The Morgan fingerprint density at radius 3 is 2.65 bits per heavy atom. The maximum absolute atomic E-state index is 13.1. The van der Waals surface area contributed by atoms with E-state index in [9.17, 15) is 9.18 Å². The van der Waals surface area contributed by atoms with Crippen molar-refractivity contribution in [2.75, 3.05) is 11.1 Å². The zero-order valence-corrected chi connectivity index (χ0v) is 11.2. The molecule has 0 saturated heterocycles. The molecule has 2 aromatic carbocycles. The summed E-state index contributed by atoms with van der Waals surface area (Å²) in [5.41, 5.74) is 13.1. The van der Waals surface area contributed by atoms with Crippen molar-refractivity contribution >= 4 is 28.9 Å². The van der Waals surface area contributed by atoms with Gasteiger partial charge < -0.3 is 16.8 Å². The zero-order chi connectivity index (χ0) is 14.7. The fraction of sp³-hybridized carbons (Fsp3) is 0.0714. The van der Waals surface area contributed by atoms with Gasteiger partial charge in [-0.3, -0.25) is 4.79 Å². The van der Waals surface area contributed by atoms with E-state index < -0.39 is 11.7 Å². The number of halogens is 2. The molecule has 0 atom stereocenters. The third-order valence-corrected chi connectivity index (χ3v) is 3.07. The van der Waals surface area contributed by atoms with Gasteiger partial charge in [-0.05, 0) is 35.9 Å². The molecule has 0 saturated carbocycles. The van der Waals surface area contributed by atoms with E-state index in [4.69, 9.17) is 23.1 Å². The van der Waals surface area contributed by atoms with Crippen molar-refractivity contribution in [3.8, 4) is 0 Å². The van der Waals surface area contributed by atoms with Gasteiger partial charge in [-0.1, -0.05) is 17.7 Å². The Morgan fingerprint density at radius 2 is 2.00 bits per heavy atom. The number of hydrogen-bond acceptors (Lipinski definition) is 3. The van der Waals surface area contributed by atoms with Crippen LogP contribution in [-0.2, 0) is 6.54 Å². The average Bonchev–Trinajstić information content (AvgIpc) is 2.40. The van der Waals surface area contributed by atoms with Crippen molar-refractivity contribution in [1.82, 2.24) is 0 Å². The molecule has 0 unspecified atom stereocenters. The van der Waals surface area contributed by atoms with E-state index in [2.05, 4.69) is 5.32 Å². The third kappa shape index (κ3) is 3.19. The molecule has 0 aliphatic carbocycles. The van der Waals surface area contributed by atoms with Crippen LogP contribution in [0.25, 0.3) is 0 Å². The maximum atomic E-state index is 13.1. The van der Waals surface area contributed by atoms with Crippen LogP contribution >= 0.6 is 11.6 Å². The number of carbonyl (C=O) groups excluding carboxylic acids is 1. The number of carbonyl (C=O) groups is 1. The van der Waals surface area contributed by atoms with Gasteiger partial charge in [0.25, 0.3) is 5.91 Å². The second kappa shape index (κ2) is 5.79. The lowest BCUT2D eigenvalue weighted by atomic mass is 10.1. The van der Waals surface area contributed by atoms with Crippen LogP contribution in [0.5, 0.6) is 0 Å². The van der Waals surface area contributed by atoms with E-state index in [1.54, 1.807) is 24.3 Å². The zero-order valence-electron chi connectivity index (χ0n) is 10.5. The smallest absolute Gasteiger partial charge is 0.250 e. The second-order valence-corrected chi connectivity index (χ2v) is 4.68. The van der Waals surface area contributed by atoms with Crippen molar-refractivity contribution in [3.63, 3.8) is 0 Å². The Labute approximate surface area is 120 Å². The molecular weight excluding hydrogens is 281 g/mol. The number of anilines is 2. The minimum absolute atomic E-state index is 0.0481. The molecule has 0 radical (unpaired) electrons. The van der Waals surface area contributed by atoms with Gasteiger partial charge in [-0.15, -0.1) is 0 Å². The van der Waals surface area contributed by atoms with Crippen molar-refractivity contribution in [2.45, 2.75) is 6.54 Å². The first-order valence-electron chi connectivity index (χ1n) is 5.84. The number of amides is 1. The topological polar surface area (TPSA) is 81.1 Å². The summed E-state index contributed by atoms with van der Waals surface area (Å²) in [5, 5.41) is 3.08. The normalized spacial score (nSPS) is 10.3. The Kier molecular flexibility index (Phi) is 4.10. The molecule has 0 fully saturated rings. The number of benzene rings is 2. The van der Waals surface area contributed by atoms with E-state index in [-0.39, 0.29) is 5.02 Å². The van der Waals surface area contributed by atoms with Crippen LogP contribution in [0.15, 0.2) is 36.4 Å². The van der Waals surface area contributed by atoms with E-state index in [0.717, 1.165) is 5.56 Å². The fourth-order valence-electron chi connectivity index (χ4n) is 1.77. The lowest BCUT2D eigenvalue weighted by Crippen LogP contribution is -2.14. The van der Waals surface area contributed by atoms with Crippen LogP contribution in [0.4, 0.5) is 15.8 Å². The monoisotopic (exact) mass is 293 g/mol. The minimum atomic E-state index is -0.551. The highest BCUT2D eigenvalue weighted by atomic mass is 35.5. The Hall–Kier alpha value is -2.27. The first-order chi connectivity index (χ1) is 9.47. The molecule has 104 valence electrons. The van der Waals surface area contributed by atoms with Gasteiger partial charge in [-0.25, -0.2) is 4.39 Å². The largest absolute Gasteiger partial charge is 0.399 e. The predicted molar refractivity (Wildman–Crippen MR) is 78.1 cm³/mol. The molecule has 0 aliphatic heterocycles. The van der Waals surface area contributed by atoms with Crippen LogP contribution < -0.4 is 16.8 Å². The molecule has 6 heteroatoms. The lowest BCUT2D eigenvalue weighted by molar-refractivity contribution is 0.100. The molecule has 0 aromatic heterocycles. The Morgan fingerprint density at radius 1 is 1.25 bits per heavy atom. The van der Waals surface area contributed by atoms with Gasteiger partial charge in [0.2, 0.25) is 0 Å². The highest BCUT2D eigenvalue weighted by Gasteiger charge is 2.08. The molecule has 0 heterocycles. The molecule has 0 spiro atoms. The summed E-state index contributed by atoms with van der Waals surface area (Å²) in [6.45, 7) is 0.365. The van der Waals surface area contributed by atoms with Gasteiger partial charge >= 0.3 is 0 Å². The summed E-state index contributed by atoms with van der Waals surface area (Å²) in [6, 6.07) is 9.17. The number of hydrogen-bond donors (Lipinski definition) is 3. The van der Waals surface area contributed by atoms with E-state index in [1.807, 2.05) is 0 Å². The summed E-state index contributed by atoms with van der Waals surface area (Å²) in [6.07, 6.45) is 0. The number of nitrogen functional groups attached to an aromatic ring is 1. The minimum Gasteiger partial charge on any atom is -0.399 e. The molecule has 2 rings (SSSR count). The SMILES string of the molecule is NC(=O)c1ccc(N)cc1NCc1ccc(F)c(Cl)c1. The van der Waals surface area contributed by atoms with Crippen LogP contribution in [0.1, 0.15) is 15.9 Å². The van der Waals surface area contributed by atoms with Gasteiger partial charge in [0, 0.05) is 17.9 Å². The average molecular weight is 294 g/mol. The van der Waals surface area contributed by atoms with Gasteiger partial charge in [0.05, 0.1) is 10.6 Å². The first-order valence-corrected chi connectivity index (χ1v) is 6.22. The predicted octanol–water partition coefficient (Wildman–Crippen LogP) is 2.77. The molecule has 2 aromatic rings. The summed E-state index contributed by atoms with van der Waals surface area (Å²) in [5.74, 6) is -1.03. The first kappa shape index (κ1) is 14.1. The van der Waals surface area contributed by atoms with Crippen LogP contribution in [0.3, 0.4) is 0 Å². The Balaban J connectivity index is 2.20. The molecule has 1 amide bonds. The number of primary amides is 1. The van der Waals surface area contributed by atoms with Crippen LogP contribution in [0.2, 0.25) is 5.02 Å².